The lowest BCUT2D eigenvalue weighted by Gasteiger charge is -2.39. The fourth-order valence-corrected chi connectivity index (χ4v) is 3.90. The van der Waals surface area contributed by atoms with Gasteiger partial charge in [0, 0.05) is 38.7 Å². The van der Waals surface area contributed by atoms with Gasteiger partial charge in [0.05, 0.1) is 6.33 Å². The third-order valence-electron chi connectivity index (χ3n) is 5.62. The van der Waals surface area contributed by atoms with E-state index in [4.69, 9.17) is 0 Å². The lowest BCUT2D eigenvalue weighted by molar-refractivity contribution is -0.135. The van der Waals surface area contributed by atoms with E-state index in [0.717, 1.165) is 51.4 Å². The van der Waals surface area contributed by atoms with Gasteiger partial charge in [0.2, 0.25) is 5.91 Å². The molecule has 0 aromatic carbocycles. The summed E-state index contributed by atoms with van der Waals surface area (Å²) in [7, 11) is 1.89. The van der Waals surface area contributed by atoms with Crippen molar-refractivity contribution in [3.63, 3.8) is 0 Å². The number of amides is 1. The van der Waals surface area contributed by atoms with Gasteiger partial charge in [0.1, 0.15) is 5.69 Å². The smallest absolute Gasteiger partial charge is 0.280 e. The highest BCUT2D eigenvalue weighted by atomic mass is 19.3. The monoisotopic (exact) mass is 368 g/mol. The molecule has 1 amide bonds. The first-order valence-electron chi connectivity index (χ1n) is 9.26. The van der Waals surface area contributed by atoms with E-state index in [1.807, 2.05) is 11.9 Å². The molecule has 8 heteroatoms. The summed E-state index contributed by atoms with van der Waals surface area (Å²) in [5.74, 6) is 0.573. The van der Waals surface area contributed by atoms with Gasteiger partial charge in [-0.15, -0.1) is 0 Å². The topological polar surface area (TPSA) is 58.4 Å². The summed E-state index contributed by atoms with van der Waals surface area (Å²) in [5.41, 5.74) is -0.882. The van der Waals surface area contributed by atoms with E-state index in [-0.39, 0.29) is 5.91 Å². The van der Waals surface area contributed by atoms with Gasteiger partial charge in [-0.05, 0) is 44.7 Å². The molecule has 0 saturated carbocycles. The highest BCUT2D eigenvalue weighted by Crippen LogP contribution is 2.22. The Labute approximate surface area is 151 Å². The Bertz CT molecular complexity index is 686. The van der Waals surface area contributed by atoms with Crippen LogP contribution in [0.3, 0.4) is 0 Å². The predicted molar refractivity (Wildman–Crippen MR) is 93.0 cm³/mol. The number of carbonyl (C=O) groups excluding carboxylic acids is 1. The molecule has 0 spiro atoms. The minimum Gasteiger partial charge on any atom is -0.341 e. The molecule has 0 N–H and O–H groups in total. The van der Waals surface area contributed by atoms with Crippen LogP contribution in [0.2, 0.25) is 0 Å². The van der Waals surface area contributed by atoms with Gasteiger partial charge in [-0.25, -0.2) is 13.8 Å². The van der Waals surface area contributed by atoms with E-state index in [2.05, 4.69) is 9.88 Å². The lowest BCUT2D eigenvalue weighted by atomic mass is 9.95. The van der Waals surface area contributed by atoms with Crippen LogP contribution in [0, 0.1) is 5.92 Å². The molecule has 144 valence electrons. The van der Waals surface area contributed by atoms with Crippen molar-refractivity contribution in [1.29, 1.82) is 0 Å². The molecule has 3 rings (SSSR count). The summed E-state index contributed by atoms with van der Waals surface area (Å²) >= 11 is 0. The molecule has 0 bridgehead atoms. The molecule has 3 heterocycles. The molecule has 2 saturated heterocycles. The maximum Gasteiger partial charge on any atom is 0.280 e. The van der Waals surface area contributed by atoms with Crippen molar-refractivity contribution in [2.24, 2.45) is 5.92 Å². The van der Waals surface area contributed by atoms with Crippen LogP contribution < -0.4 is 5.56 Å². The van der Waals surface area contributed by atoms with E-state index in [1.165, 1.54) is 10.9 Å². The number of carbonyl (C=O) groups is 1. The van der Waals surface area contributed by atoms with Crippen molar-refractivity contribution in [3.8, 4) is 0 Å². The zero-order chi connectivity index (χ0) is 18.7. The van der Waals surface area contributed by atoms with Crippen LogP contribution in [0.15, 0.2) is 17.2 Å². The largest absolute Gasteiger partial charge is 0.341 e. The molecular weight excluding hydrogens is 342 g/mol. The zero-order valence-electron chi connectivity index (χ0n) is 15.1. The Kier molecular flexibility index (Phi) is 6.01. The minimum absolute atomic E-state index is 0.232. The third-order valence-corrected chi connectivity index (χ3v) is 5.62. The first kappa shape index (κ1) is 18.9. The standard InChI is InChI=1S/C18H26F2N4O2/c1-22-14(3-2-4-16(22)25)11-23-7-5-13(6-8-23)10-24-12-21-15(18(19)20)9-17(24)26/h9,12-14,18H,2-8,10-11H2,1H3. The molecule has 26 heavy (non-hydrogen) atoms. The second kappa shape index (κ2) is 8.24. The van der Waals surface area contributed by atoms with Crippen molar-refractivity contribution in [2.75, 3.05) is 26.7 Å². The lowest BCUT2D eigenvalue weighted by Crippen LogP contribution is -2.49. The van der Waals surface area contributed by atoms with Crippen molar-refractivity contribution >= 4 is 5.91 Å². The summed E-state index contributed by atoms with van der Waals surface area (Å²) in [5, 5.41) is 0. The fourth-order valence-electron chi connectivity index (χ4n) is 3.90. The van der Waals surface area contributed by atoms with Gasteiger partial charge in [0.15, 0.2) is 0 Å². The van der Waals surface area contributed by atoms with Crippen LogP contribution in [-0.2, 0) is 11.3 Å². The van der Waals surface area contributed by atoms with Gasteiger partial charge in [-0.1, -0.05) is 0 Å². The number of likely N-dealkylation sites (N-methyl/N-ethyl adjacent to an activating group) is 1. The normalized spacial score (nSPS) is 23.0. The Morgan fingerprint density at radius 1 is 1.19 bits per heavy atom. The van der Waals surface area contributed by atoms with Gasteiger partial charge < -0.3 is 9.80 Å². The number of rotatable bonds is 5. The molecule has 2 aliphatic heterocycles. The Balaban J connectivity index is 1.49. The number of halogens is 2. The average molecular weight is 368 g/mol. The number of likely N-dealkylation sites (tertiary alicyclic amines) is 2. The molecule has 2 aliphatic rings. The van der Waals surface area contributed by atoms with Crippen LogP contribution >= 0.6 is 0 Å². The predicted octanol–water partition coefficient (Wildman–Crippen LogP) is 1.90. The van der Waals surface area contributed by atoms with Crippen molar-refractivity contribution in [3.05, 3.63) is 28.4 Å². The number of piperidine rings is 2. The van der Waals surface area contributed by atoms with E-state index in [0.29, 0.717) is 24.9 Å². The molecule has 1 aromatic heterocycles. The van der Waals surface area contributed by atoms with E-state index in [9.17, 15) is 18.4 Å². The second-order valence-corrected chi connectivity index (χ2v) is 7.40. The molecule has 0 aliphatic carbocycles. The number of hydrogen-bond acceptors (Lipinski definition) is 4. The maximum atomic E-state index is 12.6. The van der Waals surface area contributed by atoms with Gasteiger partial charge >= 0.3 is 0 Å². The van der Waals surface area contributed by atoms with Gasteiger partial charge in [0.25, 0.3) is 12.0 Å². The SMILES string of the molecule is CN1C(=O)CCCC1CN1CCC(Cn2cnc(C(F)F)cc2=O)CC1. The van der Waals surface area contributed by atoms with Crippen LogP contribution in [0.5, 0.6) is 0 Å². The molecular formula is C18H26F2N4O2. The van der Waals surface area contributed by atoms with Gasteiger partial charge in [-0.2, -0.15) is 0 Å². The first-order valence-corrected chi connectivity index (χ1v) is 9.26. The maximum absolute atomic E-state index is 12.6. The molecule has 1 unspecified atom stereocenters. The number of aromatic nitrogens is 2. The van der Waals surface area contributed by atoms with Gasteiger partial charge in [-0.3, -0.25) is 14.2 Å². The molecule has 2 fully saturated rings. The van der Waals surface area contributed by atoms with E-state index >= 15 is 0 Å². The summed E-state index contributed by atoms with van der Waals surface area (Å²) < 4.78 is 26.6. The summed E-state index contributed by atoms with van der Waals surface area (Å²) in [6.07, 6.45) is 3.10. The van der Waals surface area contributed by atoms with E-state index in [1.54, 1.807) is 0 Å². The quantitative estimate of drug-likeness (QED) is 0.797. The molecule has 1 atom stereocenters. The summed E-state index contributed by atoms with van der Waals surface area (Å²) in [6, 6.07) is 1.22. The van der Waals surface area contributed by atoms with Crippen LogP contribution in [0.25, 0.3) is 0 Å². The summed E-state index contributed by atoms with van der Waals surface area (Å²) in [4.78, 5) is 31.7. The highest BCUT2D eigenvalue weighted by molar-refractivity contribution is 5.76. The Morgan fingerprint density at radius 3 is 2.58 bits per heavy atom. The highest BCUT2D eigenvalue weighted by Gasteiger charge is 2.28. The Hall–Kier alpha value is -1.83. The van der Waals surface area contributed by atoms with Crippen LogP contribution in [0.4, 0.5) is 8.78 Å². The number of alkyl halides is 2. The fraction of sp³-hybridized carbons (Fsp3) is 0.722. The average Bonchev–Trinajstić information content (AvgIpc) is 2.62. The van der Waals surface area contributed by atoms with Crippen molar-refractivity contribution in [2.45, 2.75) is 51.1 Å². The third kappa shape index (κ3) is 4.47. The van der Waals surface area contributed by atoms with E-state index < -0.39 is 17.7 Å². The molecule has 0 radical (unpaired) electrons. The second-order valence-electron chi connectivity index (χ2n) is 7.40. The van der Waals surface area contributed by atoms with Crippen LogP contribution in [-0.4, -0.2) is 58.0 Å². The zero-order valence-corrected chi connectivity index (χ0v) is 15.1. The minimum atomic E-state index is -2.72. The molecule has 1 aromatic rings. The molecule has 6 nitrogen and oxygen atoms in total. The number of hydrogen-bond donors (Lipinski definition) is 0. The van der Waals surface area contributed by atoms with Crippen molar-refractivity contribution in [1.82, 2.24) is 19.4 Å². The number of nitrogens with zero attached hydrogens (tertiary/aromatic N) is 4. The first-order chi connectivity index (χ1) is 12.4. The van der Waals surface area contributed by atoms with Crippen molar-refractivity contribution < 1.29 is 13.6 Å². The summed E-state index contributed by atoms with van der Waals surface area (Å²) in [6.45, 7) is 3.28. The van der Waals surface area contributed by atoms with Crippen LogP contribution in [0.1, 0.15) is 44.2 Å². The Morgan fingerprint density at radius 2 is 1.92 bits per heavy atom.